The Bertz CT molecular complexity index is 401. The third-order valence-corrected chi connectivity index (χ3v) is 2.83. The molecule has 0 radical (unpaired) electrons. The van der Waals surface area contributed by atoms with Crippen molar-refractivity contribution in [1.82, 2.24) is 0 Å². The van der Waals surface area contributed by atoms with Gasteiger partial charge < -0.3 is 4.74 Å². The summed E-state index contributed by atoms with van der Waals surface area (Å²) in [5.41, 5.74) is 0.618. The van der Waals surface area contributed by atoms with Gasteiger partial charge in [-0.15, -0.1) is 0 Å². The molecule has 84 valence electrons. The zero-order valence-corrected chi connectivity index (χ0v) is 9.18. The largest absolute Gasteiger partial charge is 0.463 e. The predicted octanol–water partition coefficient (Wildman–Crippen LogP) is 1.81. The lowest BCUT2D eigenvalue weighted by Gasteiger charge is -2.21. The van der Waals surface area contributed by atoms with Gasteiger partial charge in [0.15, 0.2) is 5.78 Å². The highest BCUT2D eigenvalue weighted by atomic mass is 16.5. The summed E-state index contributed by atoms with van der Waals surface area (Å²) >= 11 is 0. The van der Waals surface area contributed by atoms with E-state index in [2.05, 4.69) is 0 Å². The minimum atomic E-state index is -0.298. The van der Waals surface area contributed by atoms with Crippen molar-refractivity contribution in [2.24, 2.45) is 11.8 Å². The molecular weight excluding hydrogens is 204 g/mol. The number of rotatable bonds is 2. The molecule has 0 saturated carbocycles. The Labute approximate surface area is 94.5 Å². The van der Waals surface area contributed by atoms with Crippen molar-refractivity contribution in [2.75, 3.05) is 6.61 Å². The monoisotopic (exact) mass is 218 g/mol. The molecule has 3 nitrogen and oxygen atoms in total. The second-order valence-corrected chi connectivity index (χ2v) is 3.92. The van der Waals surface area contributed by atoms with Crippen LogP contribution in [0.4, 0.5) is 0 Å². The highest BCUT2D eigenvalue weighted by molar-refractivity contribution is 5.97. The van der Waals surface area contributed by atoms with Crippen LogP contribution in [0, 0.1) is 11.8 Å². The van der Waals surface area contributed by atoms with Crippen LogP contribution >= 0.6 is 0 Å². The van der Waals surface area contributed by atoms with Gasteiger partial charge in [0.05, 0.1) is 12.5 Å². The van der Waals surface area contributed by atoms with Crippen molar-refractivity contribution in [3.63, 3.8) is 0 Å². The van der Waals surface area contributed by atoms with Crippen LogP contribution in [-0.4, -0.2) is 18.4 Å². The van der Waals surface area contributed by atoms with E-state index in [0.717, 1.165) is 0 Å². The van der Waals surface area contributed by atoms with Crippen molar-refractivity contribution in [1.29, 1.82) is 0 Å². The summed E-state index contributed by atoms with van der Waals surface area (Å²) in [5.74, 6) is -0.579. The first kappa shape index (κ1) is 10.9. The number of fused-ring (bicyclic) bond motifs is 2. The van der Waals surface area contributed by atoms with E-state index in [-0.39, 0.29) is 23.6 Å². The van der Waals surface area contributed by atoms with E-state index in [1.165, 1.54) is 0 Å². The van der Waals surface area contributed by atoms with Crippen LogP contribution in [0.2, 0.25) is 0 Å². The SMILES string of the molecule is CCOC(=O)C1=CC2C=CC=CC(C1)C2=O. The second-order valence-electron chi connectivity index (χ2n) is 3.92. The lowest BCUT2D eigenvalue weighted by Crippen LogP contribution is -2.27. The fourth-order valence-corrected chi connectivity index (χ4v) is 2.02. The summed E-state index contributed by atoms with van der Waals surface area (Å²) < 4.78 is 4.96. The van der Waals surface area contributed by atoms with Crippen LogP contribution in [0.15, 0.2) is 36.0 Å². The first-order valence-electron chi connectivity index (χ1n) is 5.49. The zero-order chi connectivity index (χ0) is 11.5. The van der Waals surface area contributed by atoms with Crippen molar-refractivity contribution < 1.29 is 14.3 Å². The second kappa shape index (κ2) is 4.47. The van der Waals surface area contributed by atoms with Gasteiger partial charge in [0.2, 0.25) is 0 Å². The van der Waals surface area contributed by atoms with E-state index >= 15 is 0 Å². The molecule has 2 bridgehead atoms. The average molecular weight is 218 g/mol. The first-order chi connectivity index (χ1) is 7.72. The van der Waals surface area contributed by atoms with E-state index in [9.17, 15) is 9.59 Å². The summed E-state index contributed by atoms with van der Waals surface area (Å²) in [5, 5.41) is 0. The molecule has 2 rings (SSSR count). The zero-order valence-electron chi connectivity index (χ0n) is 9.18. The molecule has 0 saturated heterocycles. The van der Waals surface area contributed by atoms with Gasteiger partial charge in [-0.3, -0.25) is 4.79 Å². The number of esters is 1. The lowest BCUT2D eigenvalue weighted by molar-refractivity contribution is -0.139. The average Bonchev–Trinajstić information content (AvgIpc) is 2.39. The van der Waals surface area contributed by atoms with Gasteiger partial charge in [-0.05, 0) is 13.3 Å². The highest BCUT2D eigenvalue weighted by Gasteiger charge is 2.31. The third-order valence-electron chi connectivity index (χ3n) is 2.83. The van der Waals surface area contributed by atoms with Crippen LogP contribution in [-0.2, 0) is 14.3 Å². The number of Topliss-reactive ketones (excluding diaryl/α,β-unsaturated/α-hetero) is 1. The summed E-state index contributed by atoms with van der Waals surface area (Å²) in [7, 11) is 0. The number of carbonyl (C=O) groups is 2. The molecule has 0 fully saturated rings. The van der Waals surface area contributed by atoms with Crippen molar-refractivity contribution in [3.8, 4) is 0 Å². The molecule has 2 aliphatic carbocycles. The molecular formula is C13H14O3. The van der Waals surface area contributed by atoms with Gasteiger partial charge in [-0.1, -0.05) is 30.4 Å². The Morgan fingerprint density at radius 1 is 1.44 bits per heavy atom. The summed E-state index contributed by atoms with van der Waals surface area (Å²) in [4.78, 5) is 23.5. The molecule has 0 amide bonds. The van der Waals surface area contributed by atoms with Crippen LogP contribution in [0.1, 0.15) is 13.3 Å². The number of carbonyl (C=O) groups excluding carboxylic acids is 2. The van der Waals surface area contributed by atoms with Gasteiger partial charge in [0.1, 0.15) is 0 Å². The first-order valence-corrected chi connectivity index (χ1v) is 5.49. The van der Waals surface area contributed by atoms with Crippen molar-refractivity contribution >= 4 is 11.8 Å². The van der Waals surface area contributed by atoms with E-state index in [1.807, 2.05) is 24.3 Å². The van der Waals surface area contributed by atoms with Crippen LogP contribution < -0.4 is 0 Å². The normalized spacial score (nSPS) is 27.3. The maximum atomic E-state index is 11.9. The number of ether oxygens (including phenoxy) is 1. The summed E-state index contributed by atoms with van der Waals surface area (Å²) in [6.45, 7) is 2.14. The highest BCUT2D eigenvalue weighted by Crippen LogP contribution is 2.29. The Morgan fingerprint density at radius 2 is 2.19 bits per heavy atom. The number of ketones is 1. The van der Waals surface area contributed by atoms with Gasteiger partial charge in [-0.25, -0.2) is 4.79 Å². The molecule has 0 spiro atoms. The smallest absolute Gasteiger partial charge is 0.333 e. The predicted molar refractivity (Wildman–Crippen MR) is 59.6 cm³/mol. The fourth-order valence-electron chi connectivity index (χ4n) is 2.02. The minimum Gasteiger partial charge on any atom is -0.463 e. The molecule has 2 unspecified atom stereocenters. The summed E-state index contributed by atoms with van der Waals surface area (Å²) in [6, 6.07) is 0. The Kier molecular flexibility index (Phi) is 3.04. The van der Waals surface area contributed by atoms with E-state index in [4.69, 9.17) is 4.74 Å². The number of allylic oxidation sites excluding steroid dienone is 5. The van der Waals surface area contributed by atoms with Gasteiger partial charge >= 0.3 is 5.97 Å². The molecule has 3 heteroatoms. The van der Waals surface area contributed by atoms with E-state index in [0.29, 0.717) is 18.6 Å². The maximum Gasteiger partial charge on any atom is 0.333 e. The van der Waals surface area contributed by atoms with Gasteiger partial charge in [0, 0.05) is 11.5 Å². The van der Waals surface area contributed by atoms with Crippen LogP contribution in [0.5, 0.6) is 0 Å². The molecule has 0 aromatic rings. The maximum absolute atomic E-state index is 11.9. The third kappa shape index (κ3) is 1.98. The van der Waals surface area contributed by atoms with Gasteiger partial charge in [0.25, 0.3) is 0 Å². The molecule has 0 N–H and O–H groups in total. The van der Waals surface area contributed by atoms with Gasteiger partial charge in [-0.2, -0.15) is 0 Å². The topological polar surface area (TPSA) is 43.4 Å². The lowest BCUT2D eigenvalue weighted by atomic mass is 9.82. The van der Waals surface area contributed by atoms with Crippen molar-refractivity contribution in [2.45, 2.75) is 13.3 Å². The van der Waals surface area contributed by atoms with E-state index in [1.54, 1.807) is 13.0 Å². The molecule has 0 aromatic heterocycles. The Morgan fingerprint density at radius 3 is 2.94 bits per heavy atom. The van der Waals surface area contributed by atoms with Crippen molar-refractivity contribution in [3.05, 3.63) is 36.0 Å². The quantitative estimate of drug-likeness (QED) is 0.664. The van der Waals surface area contributed by atoms with Crippen LogP contribution in [0.3, 0.4) is 0 Å². The molecule has 0 aromatic carbocycles. The van der Waals surface area contributed by atoms with Crippen LogP contribution in [0.25, 0.3) is 0 Å². The molecule has 0 aliphatic heterocycles. The Hall–Kier alpha value is -1.64. The molecule has 0 heterocycles. The minimum absolute atomic E-state index is 0.165. The molecule has 16 heavy (non-hydrogen) atoms. The molecule has 2 aliphatic rings. The number of hydrogen-bond acceptors (Lipinski definition) is 3. The Balaban J connectivity index is 2.25. The standard InChI is InChI=1S/C13H14O3/c1-2-16-13(15)11-7-9-5-3-4-6-10(8-11)12(9)14/h3-7,9-10H,2,8H2,1H3. The summed E-state index contributed by atoms with van der Waals surface area (Å²) in [6.07, 6.45) is 9.58. The number of hydrogen-bond donors (Lipinski definition) is 0. The molecule has 2 atom stereocenters. The van der Waals surface area contributed by atoms with E-state index < -0.39 is 0 Å². The fraction of sp³-hybridized carbons (Fsp3) is 0.385.